The zero-order valence-electron chi connectivity index (χ0n) is 10.0. The van der Waals surface area contributed by atoms with Crippen LogP contribution in [0, 0.1) is 0 Å². The minimum atomic E-state index is -0.376. The van der Waals surface area contributed by atoms with Crippen LogP contribution in [0.3, 0.4) is 0 Å². The molecule has 0 radical (unpaired) electrons. The van der Waals surface area contributed by atoms with Crippen molar-refractivity contribution >= 4 is 11.7 Å². The molecule has 3 N–H and O–H groups in total. The second-order valence-corrected chi connectivity index (χ2v) is 4.36. The Morgan fingerprint density at radius 3 is 2.71 bits per heavy atom. The van der Waals surface area contributed by atoms with E-state index >= 15 is 0 Å². The Morgan fingerprint density at radius 1 is 1.41 bits per heavy atom. The molecule has 0 bridgehead atoms. The molecule has 0 amide bonds. The number of piperidine rings is 1. The van der Waals surface area contributed by atoms with Gasteiger partial charge in [-0.25, -0.2) is 4.79 Å². The molecule has 1 aliphatic rings. The lowest BCUT2D eigenvalue weighted by Gasteiger charge is -2.23. The van der Waals surface area contributed by atoms with E-state index < -0.39 is 0 Å². The SMILES string of the molecule is COC(=O)c1ccc(C2CCNCC2)cc1N. The molecule has 1 aliphatic heterocycles. The molecule has 0 atom stereocenters. The van der Waals surface area contributed by atoms with Gasteiger partial charge in [0, 0.05) is 5.69 Å². The second kappa shape index (κ2) is 5.19. The lowest BCUT2D eigenvalue weighted by molar-refractivity contribution is 0.0602. The minimum absolute atomic E-state index is 0.376. The van der Waals surface area contributed by atoms with E-state index in [1.54, 1.807) is 6.07 Å². The number of nitrogen functional groups attached to an aromatic ring is 1. The number of methoxy groups -OCH3 is 1. The summed E-state index contributed by atoms with van der Waals surface area (Å²) in [6.45, 7) is 2.09. The first-order valence-electron chi connectivity index (χ1n) is 5.91. The summed E-state index contributed by atoms with van der Waals surface area (Å²) in [6.07, 6.45) is 2.24. The number of hydrogen-bond acceptors (Lipinski definition) is 4. The van der Waals surface area contributed by atoms with E-state index in [4.69, 9.17) is 5.73 Å². The van der Waals surface area contributed by atoms with Crippen LogP contribution in [0.1, 0.15) is 34.7 Å². The summed E-state index contributed by atoms with van der Waals surface area (Å²) in [5, 5.41) is 3.33. The average molecular weight is 234 g/mol. The monoisotopic (exact) mass is 234 g/mol. The van der Waals surface area contributed by atoms with Crippen LogP contribution >= 0.6 is 0 Å². The topological polar surface area (TPSA) is 64.3 Å². The molecule has 1 heterocycles. The molecule has 0 spiro atoms. The summed E-state index contributed by atoms with van der Waals surface area (Å²) < 4.78 is 4.67. The average Bonchev–Trinajstić information content (AvgIpc) is 2.39. The standard InChI is InChI=1S/C13H18N2O2/c1-17-13(16)11-3-2-10(8-12(11)14)9-4-6-15-7-5-9/h2-3,8-9,15H,4-7,14H2,1H3. The Labute approximate surface area is 101 Å². The fraction of sp³-hybridized carbons (Fsp3) is 0.462. The highest BCUT2D eigenvalue weighted by Crippen LogP contribution is 2.28. The summed E-state index contributed by atoms with van der Waals surface area (Å²) in [7, 11) is 1.36. The Bertz CT molecular complexity index is 412. The quantitative estimate of drug-likeness (QED) is 0.601. The Kier molecular flexibility index (Phi) is 3.64. The van der Waals surface area contributed by atoms with Crippen molar-refractivity contribution < 1.29 is 9.53 Å². The number of rotatable bonds is 2. The zero-order valence-corrected chi connectivity index (χ0v) is 10.0. The molecule has 1 fully saturated rings. The predicted octanol–water partition coefficient (Wildman–Crippen LogP) is 1.52. The van der Waals surface area contributed by atoms with Crippen molar-refractivity contribution in [3.63, 3.8) is 0 Å². The molecule has 1 saturated heterocycles. The molecule has 4 nitrogen and oxygen atoms in total. The molecule has 1 aromatic rings. The van der Waals surface area contributed by atoms with Gasteiger partial charge in [-0.2, -0.15) is 0 Å². The van der Waals surface area contributed by atoms with E-state index in [1.165, 1.54) is 12.7 Å². The number of benzene rings is 1. The van der Waals surface area contributed by atoms with E-state index in [2.05, 4.69) is 10.1 Å². The zero-order chi connectivity index (χ0) is 12.3. The molecule has 0 aliphatic carbocycles. The maximum atomic E-state index is 11.4. The highest BCUT2D eigenvalue weighted by molar-refractivity contribution is 5.95. The molecule has 92 valence electrons. The summed E-state index contributed by atoms with van der Waals surface area (Å²) >= 11 is 0. The van der Waals surface area contributed by atoms with Crippen LogP contribution in [0.4, 0.5) is 5.69 Å². The maximum Gasteiger partial charge on any atom is 0.339 e. The van der Waals surface area contributed by atoms with Gasteiger partial charge in [-0.15, -0.1) is 0 Å². The second-order valence-electron chi connectivity index (χ2n) is 4.36. The number of ether oxygens (including phenoxy) is 1. The van der Waals surface area contributed by atoms with Crippen LogP contribution in [-0.2, 0) is 4.74 Å². The number of hydrogen-bond donors (Lipinski definition) is 2. The normalized spacial score (nSPS) is 16.8. The van der Waals surface area contributed by atoms with Crippen molar-refractivity contribution in [1.82, 2.24) is 5.32 Å². The highest BCUT2D eigenvalue weighted by Gasteiger charge is 2.17. The van der Waals surface area contributed by atoms with E-state index in [-0.39, 0.29) is 5.97 Å². The number of nitrogens with one attached hydrogen (secondary N) is 1. The van der Waals surface area contributed by atoms with E-state index in [9.17, 15) is 4.79 Å². The van der Waals surface area contributed by atoms with E-state index in [0.29, 0.717) is 17.2 Å². The van der Waals surface area contributed by atoms with Gasteiger partial charge >= 0.3 is 5.97 Å². The van der Waals surface area contributed by atoms with Crippen LogP contribution in [0.25, 0.3) is 0 Å². The van der Waals surface area contributed by atoms with Crippen LogP contribution in [0.15, 0.2) is 18.2 Å². The van der Waals surface area contributed by atoms with Gasteiger partial charge in [-0.05, 0) is 49.5 Å². The summed E-state index contributed by atoms with van der Waals surface area (Å²) in [5.41, 5.74) is 8.06. The first kappa shape index (κ1) is 11.9. The molecule has 4 heteroatoms. The van der Waals surface area contributed by atoms with Crippen molar-refractivity contribution in [2.75, 3.05) is 25.9 Å². The van der Waals surface area contributed by atoms with Gasteiger partial charge in [0.25, 0.3) is 0 Å². The number of carbonyl (C=O) groups excluding carboxylic acids is 1. The smallest absolute Gasteiger partial charge is 0.339 e. The summed E-state index contributed by atoms with van der Waals surface area (Å²) in [4.78, 5) is 11.4. The minimum Gasteiger partial charge on any atom is -0.465 e. The summed E-state index contributed by atoms with van der Waals surface area (Å²) in [5.74, 6) is 0.171. The van der Waals surface area contributed by atoms with Gasteiger partial charge < -0.3 is 15.8 Å². The third-order valence-corrected chi connectivity index (χ3v) is 3.29. The van der Waals surface area contributed by atoms with E-state index in [1.807, 2.05) is 12.1 Å². The van der Waals surface area contributed by atoms with Gasteiger partial charge in [-0.3, -0.25) is 0 Å². The molecule has 17 heavy (non-hydrogen) atoms. The Morgan fingerprint density at radius 2 is 2.12 bits per heavy atom. The van der Waals surface area contributed by atoms with Crippen LogP contribution in [0.5, 0.6) is 0 Å². The van der Waals surface area contributed by atoms with Crippen molar-refractivity contribution in [2.45, 2.75) is 18.8 Å². The summed E-state index contributed by atoms with van der Waals surface area (Å²) in [6, 6.07) is 5.65. The van der Waals surface area contributed by atoms with Crippen molar-refractivity contribution in [3.8, 4) is 0 Å². The van der Waals surface area contributed by atoms with Gasteiger partial charge in [0.15, 0.2) is 0 Å². The fourth-order valence-electron chi connectivity index (χ4n) is 2.29. The Balaban J connectivity index is 2.20. The van der Waals surface area contributed by atoms with Crippen LogP contribution < -0.4 is 11.1 Å². The molecule has 0 saturated carbocycles. The maximum absolute atomic E-state index is 11.4. The van der Waals surface area contributed by atoms with Crippen LogP contribution in [-0.4, -0.2) is 26.2 Å². The third-order valence-electron chi connectivity index (χ3n) is 3.29. The van der Waals surface area contributed by atoms with Crippen molar-refractivity contribution in [1.29, 1.82) is 0 Å². The third kappa shape index (κ3) is 2.58. The molecule has 0 unspecified atom stereocenters. The number of carbonyl (C=O) groups is 1. The first-order chi connectivity index (χ1) is 8.22. The number of esters is 1. The molecular formula is C13H18N2O2. The molecular weight excluding hydrogens is 216 g/mol. The lowest BCUT2D eigenvalue weighted by Crippen LogP contribution is -2.26. The van der Waals surface area contributed by atoms with E-state index in [0.717, 1.165) is 25.9 Å². The fourth-order valence-corrected chi connectivity index (χ4v) is 2.29. The first-order valence-corrected chi connectivity index (χ1v) is 5.91. The van der Waals surface area contributed by atoms with Crippen LogP contribution in [0.2, 0.25) is 0 Å². The number of nitrogens with two attached hydrogens (primary N) is 1. The largest absolute Gasteiger partial charge is 0.465 e. The van der Waals surface area contributed by atoms with Gasteiger partial charge in [0.1, 0.15) is 0 Å². The predicted molar refractivity (Wildman–Crippen MR) is 67.0 cm³/mol. The van der Waals surface area contributed by atoms with Gasteiger partial charge in [0.2, 0.25) is 0 Å². The van der Waals surface area contributed by atoms with Gasteiger partial charge in [-0.1, -0.05) is 6.07 Å². The lowest BCUT2D eigenvalue weighted by atomic mass is 9.89. The van der Waals surface area contributed by atoms with Crippen molar-refractivity contribution in [2.24, 2.45) is 0 Å². The highest BCUT2D eigenvalue weighted by atomic mass is 16.5. The molecule has 0 aromatic heterocycles. The Hall–Kier alpha value is -1.55. The molecule has 1 aromatic carbocycles. The van der Waals surface area contributed by atoms with Crippen molar-refractivity contribution in [3.05, 3.63) is 29.3 Å². The number of anilines is 1. The molecule has 2 rings (SSSR count). The van der Waals surface area contributed by atoms with Gasteiger partial charge in [0.05, 0.1) is 12.7 Å².